The number of ketones is 1. The molecule has 0 aliphatic carbocycles. The number of methoxy groups -OCH3 is 1. The molecule has 0 radical (unpaired) electrons. The number of ether oxygens (including phenoxy) is 1. The summed E-state index contributed by atoms with van der Waals surface area (Å²) in [6, 6.07) is 14.5. The van der Waals surface area contributed by atoms with E-state index < -0.39 is 0 Å². The van der Waals surface area contributed by atoms with Crippen molar-refractivity contribution in [1.82, 2.24) is 4.98 Å². The normalized spacial score (nSPS) is 11.0. The molecule has 5 heteroatoms. The Hall–Kier alpha value is -2.79. The quantitative estimate of drug-likeness (QED) is 0.414. The molecule has 0 bridgehead atoms. The molecule has 2 aromatic carbocycles. The number of nitrogens with zero attached hydrogens (tertiary/aromatic N) is 1. The van der Waals surface area contributed by atoms with E-state index in [2.05, 4.69) is 9.72 Å². The molecule has 0 amide bonds. The van der Waals surface area contributed by atoms with E-state index in [-0.39, 0.29) is 11.8 Å². The average molecular weight is 323 g/mol. The molecular weight excluding hydrogens is 310 g/mol. The lowest BCUT2D eigenvalue weighted by Gasteiger charge is -1.99. The summed E-state index contributed by atoms with van der Waals surface area (Å²) < 4.78 is 5.64. The number of allylic oxidation sites excluding steroid dienone is 1. The van der Waals surface area contributed by atoms with E-state index in [1.54, 1.807) is 30.3 Å². The van der Waals surface area contributed by atoms with Crippen LogP contribution < -0.4 is 0 Å². The fourth-order valence-electron chi connectivity index (χ4n) is 2.07. The zero-order valence-corrected chi connectivity index (χ0v) is 13.2. The largest absolute Gasteiger partial charge is 0.465 e. The van der Waals surface area contributed by atoms with Gasteiger partial charge in [-0.3, -0.25) is 4.79 Å². The smallest absolute Gasteiger partial charge is 0.337 e. The summed E-state index contributed by atoms with van der Waals surface area (Å²) in [5.74, 6) is -0.519. The maximum atomic E-state index is 12.2. The second kappa shape index (κ2) is 6.54. The first kappa shape index (κ1) is 15.1. The highest BCUT2D eigenvalue weighted by atomic mass is 32.1. The van der Waals surface area contributed by atoms with Crippen molar-refractivity contribution in [3.8, 4) is 0 Å². The van der Waals surface area contributed by atoms with Gasteiger partial charge in [-0.25, -0.2) is 9.78 Å². The topological polar surface area (TPSA) is 56.3 Å². The SMILES string of the molecule is COC(=O)c1ccc(/C=C/C(=O)c2nc3ccccc3s2)cc1. The van der Waals surface area contributed by atoms with E-state index in [1.165, 1.54) is 24.5 Å². The first-order valence-electron chi connectivity index (χ1n) is 6.94. The van der Waals surface area contributed by atoms with Gasteiger partial charge in [0.2, 0.25) is 5.78 Å². The lowest BCUT2D eigenvalue weighted by Crippen LogP contribution is -2.00. The standard InChI is InChI=1S/C18H13NO3S/c1-22-18(21)13-9-6-12(7-10-13)8-11-15(20)17-19-14-4-2-3-5-16(14)23-17/h2-11H,1H3/b11-8+. The van der Waals surface area contributed by atoms with Crippen LogP contribution in [0.4, 0.5) is 0 Å². The third-order valence-electron chi connectivity index (χ3n) is 3.26. The Morgan fingerprint density at radius 3 is 2.52 bits per heavy atom. The van der Waals surface area contributed by atoms with Crippen LogP contribution in [0.2, 0.25) is 0 Å². The number of para-hydroxylation sites is 1. The average Bonchev–Trinajstić information content (AvgIpc) is 3.03. The van der Waals surface area contributed by atoms with E-state index in [1.807, 2.05) is 24.3 Å². The predicted molar refractivity (Wildman–Crippen MR) is 90.8 cm³/mol. The lowest BCUT2D eigenvalue weighted by atomic mass is 10.1. The fourth-order valence-corrected chi connectivity index (χ4v) is 2.95. The molecule has 3 aromatic rings. The van der Waals surface area contributed by atoms with Crippen molar-refractivity contribution in [2.75, 3.05) is 7.11 Å². The van der Waals surface area contributed by atoms with E-state index in [9.17, 15) is 9.59 Å². The summed E-state index contributed by atoms with van der Waals surface area (Å²) in [5.41, 5.74) is 2.13. The second-order valence-electron chi connectivity index (χ2n) is 4.80. The van der Waals surface area contributed by atoms with E-state index in [0.717, 1.165) is 15.8 Å². The third kappa shape index (κ3) is 3.35. The van der Waals surface area contributed by atoms with Gasteiger partial charge >= 0.3 is 5.97 Å². The zero-order valence-electron chi connectivity index (χ0n) is 12.4. The number of benzene rings is 2. The molecule has 1 heterocycles. The molecule has 0 saturated heterocycles. The third-order valence-corrected chi connectivity index (χ3v) is 4.31. The Morgan fingerprint density at radius 2 is 1.83 bits per heavy atom. The van der Waals surface area contributed by atoms with Gasteiger partial charge in [-0.15, -0.1) is 11.3 Å². The second-order valence-corrected chi connectivity index (χ2v) is 5.83. The number of esters is 1. The molecule has 0 unspecified atom stereocenters. The highest BCUT2D eigenvalue weighted by Gasteiger charge is 2.09. The van der Waals surface area contributed by atoms with Crippen LogP contribution in [0, 0.1) is 0 Å². The number of aromatic nitrogens is 1. The number of hydrogen-bond donors (Lipinski definition) is 0. The molecule has 4 nitrogen and oxygen atoms in total. The minimum absolute atomic E-state index is 0.136. The Morgan fingerprint density at radius 1 is 1.09 bits per heavy atom. The Balaban J connectivity index is 1.76. The maximum Gasteiger partial charge on any atom is 0.337 e. The summed E-state index contributed by atoms with van der Waals surface area (Å²) in [4.78, 5) is 27.9. The molecular formula is C18H13NO3S. The molecule has 1 aromatic heterocycles. The number of hydrogen-bond acceptors (Lipinski definition) is 5. The van der Waals surface area contributed by atoms with Crippen molar-refractivity contribution in [2.24, 2.45) is 0 Å². The monoisotopic (exact) mass is 323 g/mol. The zero-order chi connectivity index (χ0) is 16.2. The van der Waals surface area contributed by atoms with Gasteiger partial charge in [0.05, 0.1) is 22.9 Å². The molecule has 0 aliphatic heterocycles. The van der Waals surface area contributed by atoms with Crippen LogP contribution in [0.5, 0.6) is 0 Å². The van der Waals surface area contributed by atoms with E-state index in [4.69, 9.17) is 0 Å². The highest BCUT2D eigenvalue weighted by molar-refractivity contribution is 7.20. The van der Waals surface area contributed by atoms with Gasteiger partial charge in [0, 0.05) is 0 Å². The first-order valence-corrected chi connectivity index (χ1v) is 7.75. The van der Waals surface area contributed by atoms with Crippen molar-refractivity contribution in [1.29, 1.82) is 0 Å². The van der Waals surface area contributed by atoms with Crippen LogP contribution in [0.3, 0.4) is 0 Å². The summed E-state index contributed by atoms with van der Waals surface area (Å²) in [6.07, 6.45) is 3.19. The Bertz CT molecular complexity index is 861. The molecule has 114 valence electrons. The fraction of sp³-hybridized carbons (Fsp3) is 0.0556. The predicted octanol–water partition coefficient (Wildman–Crippen LogP) is 3.98. The molecule has 0 atom stereocenters. The van der Waals surface area contributed by atoms with Crippen molar-refractivity contribution >= 4 is 39.4 Å². The molecule has 0 fully saturated rings. The summed E-state index contributed by atoms with van der Waals surface area (Å²) >= 11 is 1.38. The maximum absolute atomic E-state index is 12.2. The number of thiazole rings is 1. The number of rotatable bonds is 4. The summed E-state index contributed by atoms with van der Waals surface area (Å²) in [5, 5.41) is 0.466. The van der Waals surface area contributed by atoms with Crippen LogP contribution in [-0.4, -0.2) is 23.8 Å². The lowest BCUT2D eigenvalue weighted by molar-refractivity contribution is 0.0600. The number of carbonyl (C=O) groups is 2. The molecule has 23 heavy (non-hydrogen) atoms. The Kier molecular flexibility index (Phi) is 4.30. The van der Waals surface area contributed by atoms with Crippen LogP contribution >= 0.6 is 11.3 Å². The molecule has 3 rings (SSSR count). The van der Waals surface area contributed by atoms with Gasteiger partial charge in [-0.05, 0) is 35.9 Å². The number of carbonyl (C=O) groups excluding carboxylic acids is 2. The minimum Gasteiger partial charge on any atom is -0.465 e. The van der Waals surface area contributed by atoms with Gasteiger partial charge in [-0.2, -0.15) is 0 Å². The molecule has 0 N–H and O–H groups in total. The first-order chi connectivity index (χ1) is 11.2. The minimum atomic E-state index is -0.383. The van der Waals surface area contributed by atoms with Gasteiger partial charge < -0.3 is 4.74 Å². The summed E-state index contributed by atoms with van der Waals surface area (Å²) in [7, 11) is 1.34. The Labute approximate surface area is 137 Å². The summed E-state index contributed by atoms with van der Waals surface area (Å²) in [6.45, 7) is 0. The van der Waals surface area contributed by atoms with E-state index in [0.29, 0.717) is 10.6 Å². The van der Waals surface area contributed by atoms with Gasteiger partial charge in [0.1, 0.15) is 0 Å². The van der Waals surface area contributed by atoms with Crippen LogP contribution in [0.25, 0.3) is 16.3 Å². The van der Waals surface area contributed by atoms with Crippen molar-refractivity contribution in [3.05, 3.63) is 70.7 Å². The van der Waals surface area contributed by atoms with Crippen LogP contribution in [0.1, 0.15) is 25.7 Å². The van der Waals surface area contributed by atoms with Gasteiger partial charge in [-0.1, -0.05) is 30.3 Å². The van der Waals surface area contributed by atoms with E-state index >= 15 is 0 Å². The van der Waals surface area contributed by atoms with Crippen LogP contribution in [0.15, 0.2) is 54.6 Å². The van der Waals surface area contributed by atoms with Gasteiger partial charge in [0.15, 0.2) is 5.01 Å². The molecule has 0 saturated carbocycles. The highest BCUT2D eigenvalue weighted by Crippen LogP contribution is 2.22. The van der Waals surface area contributed by atoms with Crippen LogP contribution in [-0.2, 0) is 4.74 Å². The molecule has 0 spiro atoms. The van der Waals surface area contributed by atoms with Crippen molar-refractivity contribution in [3.63, 3.8) is 0 Å². The van der Waals surface area contributed by atoms with Crippen molar-refractivity contribution < 1.29 is 14.3 Å². The van der Waals surface area contributed by atoms with Gasteiger partial charge in [0.25, 0.3) is 0 Å². The molecule has 0 aliphatic rings. The van der Waals surface area contributed by atoms with Crippen molar-refractivity contribution in [2.45, 2.75) is 0 Å². The number of fused-ring (bicyclic) bond motifs is 1.